The molecule has 0 radical (unpaired) electrons. The van der Waals surface area contributed by atoms with E-state index in [1.54, 1.807) is 43.5 Å². The monoisotopic (exact) mass is 325 g/mol. The Labute approximate surface area is 132 Å². The van der Waals surface area contributed by atoms with Crippen molar-refractivity contribution in [3.05, 3.63) is 46.6 Å². The molecule has 21 heavy (non-hydrogen) atoms. The molecule has 0 aliphatic heterocycles. The molecule has 1 aromatic carbocycles. The Morgan fingerprint density at radius 1 is 1.29 bits per heavy atom. The molecule has 0 saturated carbocycles. The van der Waals surface area contributed by atoms with E-state index in [1.165, 1.54) is 0 Å². The SMILES string of the molecule is CCOC(=O)Nc1ccc(Nc2cccc(Cl)c2Cl)cn1. The van der Waals surface area contributed by atoms with Gasteiger partial charge in [-0.05, 0) is 31.2 Å². The number of amides is 1. The molecule has 2 aromatic rings. The van der Waals surface area contributed by atoms with Crippen molar-refractivity contribution in [3.8, 4) is 0 Å². The van der Waals surface area contributed by atoms with Crippen LogP contribution in [0.25, 0.3) is 0 Å². The Balaban J connectivity index is 2.05. The van der Waals surface area contributed by atoms with Gasteiger partial charge in [0.05, 0.1) is 34.2 Å². The molecule has 1 amide bonds. The fraction of sp³-hybridized carbons (Fsp3) is 0.143. The number of pyridine rings is 1. The lowest BCUT2D eigenvalue weighted by molar-refractivity contribution is 0.168. The molecule has 2 N–H and O–H groups in total. The summed E-state index contributed by atoms with van der Waals surface area (Å²) in [5.41, 5.74) is 1.39. The Kier molecular flexibility index (Phi) is 5.25. The predicted octanol–water partition coefficient (Wildman–Crippen LogP) is 4.70. The number of ether oxygens (including phenoxy) is 1. The third kappa shape index (κ3) is 4.24. The van der Waals surface area contributed by atoms with Crippen LogP contribution in [0.3, 0.4) is 0 Å². The molecule has 0 spiro atoms. The average molecular weight is 326 g/mol. The molecule has 1 heterocycles. The zero-order valence-corrected chi connectivity index (χ0v) is 12.7. The number of carbonyl (C=O) groups excluding carboxylic acids is 1. The van der Waals surface area contributed by atoms with E-state index < -0.39 is 6.09 Å². The molecular weight excluding hydrogens is 313 g/mol. The van der Waals surface area contributed by atoms with Crippen LogP contribution in [0.2, 0.25) is 10.0 Å². The molecule has 1 aromatic heterocycles. The van der Waals surface area contributed by atoms with Crippen molar-refractivity contribution in [2.75, 3.05) is 17.2 Å². The maximum absolute atomic E-state index is 11.2. The maximum atomic E-state index is 11.2. The Morgan fingerprint density at radius 2 is 2.10 bits per heavy atom. The van der Waals surface area contributed by atoms with Crippen molar-refractivity contribution in [2.45, 2.75) is 6.92 Å². The smallest absolute Gasteiger partial charge is 0.412 e. The lowest BCUT2D eigenvalue weighted by Gasteiger charge is -2.10. The van der Waals surface area contributed by atoms with E-state index in [-0.39, 0.29) is 0 Å². The van der Waals surface area contributed by atoms with Crippen molar-refractivity contribution in [1.29, 1.82) is 0 Å². The second-order valence-electron chi connectivity index (χ2n) is 4.00. The predicted molar refractivity (Wildman–Crippen MR) is 84.6 cm³/mol. The number of benzene rings is 1. The van der Waals surface area contributed by atoms with Gasteiger partial charge in [0.1, 0.15) is 5.82 Å². The van der Waals surface area contributed by atoms with Crippen LogP contribution in [0.5, 0.6) is 0 Å². The quantitative estimate of drug-likeness (QED) is 0.855. The number of nitrogens with one attached hydrogen (secondary N) is 2. The number of aromatic nitrogens is 1. The second-order valence-corrected chi connectivity index (χ2v) is 4.79. The highest BCUT2D eigenvalue weighted by molar-refractivity contribution is 6.43. The fourth-order valence-corrected chi connectivity index (χ4v) is 1.92. The molecule has 0 bridgehead atoms. The molecule has 110 valence electrons. The summed E-state index contributed by atoms with van der Waals surface area (Å²) in [7, 11) is 0. The van der Waals surface area contributed by atoms with Gasteiger partial charge in [0.15, 0.2) is 0 Å². The first-order chi connectivity index (χ1) is 10.1. The van der Waals surface area contributed by atoms with E-state index in [9.17, 15) is 4.79 Å². The van der Waals surface area contributed by atoms with Gasteiger partial charge in [-0.3, -0.25) is 5.32 Å². The second kappa shape index (κ2) is 7.15. The van der Waals surface area contributed by atoms with Gasteiger partial charge in [-0.1, -0.05) is 29.3 Å². The number of hydrogen-bond acceptors (Lipinski definition) is 4. The number of rotatable bonds is 4. The van der Waals surface area contributed by atoms with E-state index in [1.807, 2.05) is 0 Å². The molecule has 0 aliphatic rings. The zero-order chi connectivity index (χ0) is 15.2. The van der Waals surface area contributed by atoms with Crippen LogP contribution in [0.15, 0.2) is 36.5 Å². The number of hydrogen-bond donors (Lipinski definition) is 2. The van der Waals surface area contributed by atoms with Crippen LogP contribution < -0.4 is 10.6 Å². The van der Waals surface area contributed by atoms with Gasteiger partial charge in [-0.25, -0.2) is 9.78 Å². The minimum Gasteiger partial charge on any atom is -0.450 e. The van der Waals surface area contributed by atoms with E-state index >= 15 is 0 Å². The van der Waals surface area contributed by atoms with Crippen LogP contribution in [-0.4, -0.2) is 17.7 Å². The van der Waals surface area contributed by atoms with E-state index in [0.29, 0.717) is 33.8 Å². The summed E-state index contributed by atoms with van der Waals surface area (Å²) < 4.78 is 4.76. The molecule has 0 atom stereocenters. The lowest BCUT2D eigenvalue weighted by atomic mass is 10.3. The third-order valence-corrected chi connectivity index (χ3v) is 3.32. The summed E-state index contributed by atoms with van der Waals surface area (Å²) >= 11 is 12.0. The molecular formula is C14H13Cl2N3O2. The standard InChI is InChI=1S/C14H13Cl2N3O2/c1-2-21-14(20)19-12-7-6-9(8-17-12)18-11-5-3-4-10(15)13(11)16/h3-8,18H,2H2,1H3,(H,17,19,20). The lowest BCUT2D eigenvalue weighted by Crippen LogP contribution is -2.14. The van der Waals surface area contributed by atoms with Crippen LogP contribution in [0, 0.1) is 0 Å². The summed E-state index contributed by atoms with van der Waals surface area (Å²) in [6.07, 6.45) is 1.03. The van der Waals surface area contributed by atoms with Crippen LogP contribution >= 0.6 is 23.2 Å². The summed E-state index contributed by atoms with van der Waals surface area (Å²) in [4.78, 5) is 15.3. The summed E-state index contributed by atoms with van der Waals surface area (Å²) in [6.45, 7) is 2.04. The van der Waals surface area contributed by atoms with Crippen molar-refractivity contribution in [2.24, 2.45) is 0 Å². The number of halogens is 2. The van der Waals surface area contributed by atoms with Crippen molar-refractivity contribution < 1.29 is 9.53 Å². The number of nitrogens with zero attached hydrogens (tertiary/aromatic N) is 1. The van der Waals surface area contributed by atoms with Crippen molar-refractivity contribution >= 4 is 46.5 Å². The number of anilines is 3. The van der Waals surface area contributed by atoms with Gasteiger partial charge >= 0.3 is 6.09 Å². The first kappa shape index (κ1) is 15.4. The van der Waals surface area contributed by atoms with Gasteiger partial charge in [0.25, 0.3) is 0 Å². The molecule has 0 saturated heterocycles. The van der Waals surface area contributed by atoms with E-state index in [0.717, 1.165) is 0 Å². The Hall–Kier alpha value is -1.98. The van der Waals surface area contributed by atoms with Crippen LogP contribution in [-0.2, 0) is 4.74 Å². The largest absolute Gasteiger partial charge is 0.450 e. The molecule has 0 fully saturated rings. The highest BCUT2D eigenvalue weighted by Gasteiger charge is 2.06. The maximum Gasteiger partial charge on any atom is 0.412 e. The highest BCUT2D eigenvalue weighted by Crippen LogP contribution is 2.31. The van der Waals surface area contributed by atoms with E-state index in [2.05, 4.69) is 15.6 Å². The first-order valence-corrected chi connectivity index (χ1v) is 6.96. The minimum absolute atomic E-state index is 0.304. The minimum atomic E-state index is -0.538. The summed E-state index contributed by atoms with van der Waals surface area (Å²) in [6, 6.07) is 8.71. The van der Waals surface area contributed by atoms with Gasteiger partial charge in [-0.2, -0.15) is 0 Å². The summed E-state index contributed by atoms with van der Waals surface area (Å²) in [5.74, 6) is 0.399. The number of carbonyl (C=O) groups is 1. The zero-order valence-electron chi connectivity index (χ0n) is 11.2. The third-order valence-electron chi connectivity index (χ3n) is 2.50. The molecule has 0 aliphatic carbocycles. The van der Waals surface area contributed by atoms with Gasteiger partial charge < -0.3 is 10.1 Å². The first-order valence-electron chi connectivity index (χ1n) is 6.21. The Morgan fingerprint density at radius 3 is 2.76 bits per heavy atom. The fourth-order valence-electron chi connectivity index (χ4n) is 1.57. The topological polar surface area (TPSA) is 63.2 Å². The normalized spacial score (nSPS) is 10.0. The average Bonchev–Trinajstić information content (AvgIpc) is 2.46. The van der Waals surface area contributed by atoms with Gasteiger partial charge in [-0.15, -0.1) is 0 Å². The molecule has 7 heteroatoms. The Bertz CT molecular complexity index is 633. The van der Waals surface area contributed by atoms with Crippen LogP contribution in [0.4, 0.5) is 22.0 Å². The highest BCUT2D eigenvalue weighted by atomic mass is 35.5. The summed E-state index contributed by atoms with van der Waals surface area (Å²) in [5, 5.41) is 6.51. The van der Waals surface area contributed by atoms with Gasteiger partial charge in [0.2, 0.25) is 0 Å². The molecule has 5 nitrogen and oxygen atoms in total. The van der Waals surface area contributed by atoms with Crippen molar-refractivity contribution in [1.82, 2.24) is 4.98 Å². The van der Waals surface area contributed by atoms with Crippen LogP contribution in [0.1, 0.15) is 6.92 Å². The molecule has 2 rings (SSSR count). The van der Waals surface area contributed by atoms with E-state index in [4.69, 9.17) is 27.9 Å². The van der Waals surface area contributed by atoms with Crippen molar-refractivity contribution in [3.63, 3.8) is 0 Å². The van der Waals surface area contributed by atoms with Gasteiger partial charge in [0, 0.05) is 0 Å². The molecule has 0 unspecified atom stereocenters.